The van der Waals surface area contributed by atoms with Crippen molar-refractivity contribution in [2.45, 2.75) is 26.4 Å². The number of nitrogens with zero attached hydrogens (tertiary/aromatic N) is 1. The van der Waals surface area contributed by atoms with Crippen LogP contribution in [0.3, 0.4) is 0 Å². The van der Waals surface area contributed by atoms with Crippen molar-refractivity contribution in [1.29, 1.82) is 0 Å². The van der Waals surface area contributed by atoms with Gasteiger partial charge >= 0.3 is 0 Å². The number of para-hydroxylation sites is 1. The number of nitrogens with one attached hydrogen (secondary N) is 2. The standard InChI is InChI=1S/C23H25N3S/c1-18(2)26(21-11-7-4-8-12-21)22-15-13-20(14-16-22)25-23(27)24-17-19-9-5-3-6-10-19/h3-16,18H,17H2,1-2H3,(H2,24,25,27). The third kappa shape index (κ3) is 5.31. The van der Waals surface area contributed by atoms with E-state index in [2.05, 4.69) is 90.0 Å². The summed E-state index contributed by atoms with van der Waals surface area (Å²) in [6.07, 6.45) is 0. The fourth-order valence-electron chi connectivity index (χ4n) is 2.99. The van der Waals surface area contributed by atoms with Crippen LogP contribution in [0, 0.1) is 0 Å². The number of hydrogen-bond acceptors (Lipinski definition) is 2. The molecule has 4 heteroatoms. The topological polar surface area (TPSA) is 27.3 Å². The zero-order valence-electron chi connectivity index (χ0n) is 15.7. The highest BCUT2D eigenvalue weighted by Gasteiger charge is 2.12. The Morgan fingerprint density at radius 2 is 1.37 bits per heavy atom. The molecule has 3 aromatic rings. The molecule has 0 bridgehead atoms. The Morgan fingerprint density at radius 1 is 0.815 bits per heavy atom. The van der Waals surface area contributed by atoms with Gasteiger partial charge in [-0.1, -0.05) is 48.5 Å². The zero-order valence-corrected chi connectivity index (χ0v) is 16.5. The van der Waals surface area contributed by atoms with Crippen LogP contribution in [0.15, 0.2) is 84.9 Å². The second-order valence-corrected chi connectivity index (χ2v) is 7.05. The molecule has 3 nitrogen and oxygen atoms in total. The van der Waals surface area contributed by atoms with Gasteiger partial charge in [0.25, 0.3) is 0 Å². The van der Waals surface area contributed by atoms with Gasteiger partial charge in [-0.25, -0.2) is 0 Å². The fraction of sp³-hybridized carbons (Fsp3) is 0.174. The normalized spacial score (nSPS) is 10.5. The molecule has 0 saturated carbocycles. The molecule has 0 radical (unpaired) electrons. The first kappa shape index (κ1) is 18.9. The van der Waals surface area contributed by atoms with E-state index >= 15 is 0 Å². The molecule has 0 aliphatic rings. The summed E-state index contributed by atoms with van der Waals surface area (Å²) in [5.41, 5.74) is 4.52. The van der Waals surface area contributed by atoms with Gasteiger partial charge in [-0.3, -0.25) is 0 Å². The molecule has 138 valence electrons. The average molecular weight is 376 g/mol. The Morgan fingerprint density at radius 3 is 1.96 bits per heavy atom. The fourth-order valence-corrected chi connectivity index (χ4v) is 3.18. The van der Waals surface area contributed by atoms with E-state index in [9.17, 15) is 0 Å². The highest BCUT2D eigenvalue weighted by molar-refractivity contribution is 7.80. The molecule has 0 atom stereocenters. The number of hydrogen-bond donors (Lipinski definition) is 2. The maximum Gasteiger partial charge on any atom is 0.171 e. The van der Waals surface area contributed by atoms with Crippen LogP contribution in [-0.4, -0.2) is 11.2 Å². The summed E-state index contributed by atoms with van der Waals surface area (Å²) >= 11 is 5.41. The molecule has 3 rings (SSSR count). The molecule has 0 aliphatic heterocycles. The van der Waals surface area contributed by atoms with E-state index in [0.29, 0.717) is 17.7 Å². The molecule has 0 heterocycles. The number of anilines is 3. The zero-order chi connectivity index (χ0) is 19.1. The Labute approximate surface area is 167 Å². The maximum atomic E-state index is 5.41. The molecule has 0 spiro atoms. The second-order valence-electron chi connectivity index (χ2n) is 6.64. The van der Waals surface area contributed by atoms with Crippen molar-refractivity contribution in [3.05, 3.63) is 90.5 Å². The van der Waals surface area contributed by atoms with Gasteiger partial charge in [-0.05, 0) is 68.0 Å². The summed E-state index contributed by atoms with van der Waals surface area (Å²) < 4.78 is 0. The van der Waals surface area contributed by atoms with Gasteiger partial charge in [-0.2, -0.15) is 0 Å². The third-order valence-corrected chi connectivity index (χ3v) is 4.50. The van der Waals surface area contributed by atoms with Gasteiger partial charge in [0.2, 0.25) is 0 Å². The quantitative estimate of drug-likeness (QED) is 0.539. The maximum absolute atomic E-state index is 5.41. The first-order valence-electron chi connectivity index (χ1n) is 9.16. The first-order valence-corrected chi connectivity index (χ1v) is 9.57. The molecule has 3 aromatic carbocycles. The van der Waals surface area contributed by atoms with Crippen LogP contribution < -0.4 is 15.5 Å². The Balaban J connectivity index is 1.63. The highest BCUT2D eigenvalue weighted by Crippen LogP contribution is 2.28. The number of rotatable bonds is 6. The van der Waals surface area contributed by atoms with Crippen LogP contribution in [0.4, 0.5) is 17.1 Å². The summed E-state index contributed by atoms with van der Waals surface area (Å²) in [6.45, 7) is 5.10. The molecule has 0 amide bonds. The van der Waals surface area contributed by atoms with Crippen molar-refractivity contribution in [2.75, 3.05) is 10.2 Å². The lowest BCUT2D eigenvalue weighted by molar-refractivity contribution is 0.789. The van der Waals surface area contributed by atoms with Gasteiger partial charge in [-0.15, -0.1) is 0 Å². The van der Waals surface area contributed by atoms with Crippen molar-refractivity contribution in [3.63, 3.8) is 0 Å². The van der Waals surface area contributed by atoms with Crippen molar-refractivity contribution in [1.82, 2.24) is 5.32 Å². The summed E-state index contributed by atoms with van der Waals surface area (Å²) in [6, 6.07) is 29.4. The van der Waals surface area contributed by atoms with Crippen LogP contribution in [0.2, 0.25) is 0 Å². The lowest BCUT2D eigenvalue weighted by Gasteiger charge is -2.29. The Bertz CT molecular complexity index is 846. The minimum atomic E-state index is 0.361. The van der Waals surface area contributed by atoms with Crippen LogP contribution in [0.25, 0.3) is 0 Å². The van der Waals surface area contributed by atoms with E-state index in [0.717, 1.165) is 11.4 Å². The van der Waals surface area contributed by atoms with Crippen LogP contribution in [0.5, 0.6) is 0 Å². The molecule has 0 unspecified atom stereocenters. The van der Waals surface area contributed by atoms with E-state index in [1.807, 2.05) is 24.3 Å². The van der Waals surface area contributed by atoms with E-state index in [1.54, 1.807) is 0 Å². The minimum absolute atomic E-state index is 0.361. The highest BCUT2D eigenvalue weighted by atomic mass is 32.1. The summed E-state index contributed by atoms with van der Waals surface area (Å²) in [5.74, 6) is 0. The minimum Gasteiger partial charge on any atom is -0.358 e. The molecule has 0 aromatic heterocycles. The van der Waals surface area contributed by atoms with E-state index in [4.69, 9.17) is 12.2 Å². The summed E-state index contributed by atoms with van der Waals surface area (Å²) in [4.78, 5) is 2.32. The van der Waals surface area contributed by atoms with Gasteiger partial charge in [0, 0.05) is 29.6 Å². The molecule has 0 fully saturated rings. The van der Waals surface area contributed by atoms with Gasteiger partial charge in [0.05, 0.1) is 0 Å². The lowest BCUT2D eigenvalue weighted by Crippen LogP contribution is -2.28. The smallest absolute Gasteiger partial charge is 0.171 e. The molecular formula is C23H25N3S. The first-order chi connectivity index (χ1) is 13.1. The van der Waals surface area contributed by atoms with E-state index in [-0.39, 0.29) is 0 Å². The predicted molar refractivity (Wildman–Crippen MR) is 120 cm³/mol. The second kappa shape index (κ2) is 9.19. The van der Waals surface area contributed by atoms with Crippen LogP contribution in [0.1, 0.15) is 19.4 Å². The average Bonchev–Trinajstić information content (AvgIpc) is 2.69. The molecular weight excluding hydrogens is 350 g/mol. The van der Waals surface area contributed by atoms with Gasteiger partial charge in [0.15, 0.2) is 5.11 Å². The molecule has 27 heavy (non-hydrogen) atoms. The van der Waals surface area contributed by atoms with E-state index in [1.165, 1.54) is 11.3 Å². The number of thiocarbonyl (C=S) groups is 1. The predicted octanol–water partition coefficient (Wildman–Crippen LogP) is 5.72. The molecule has 0 saturated heterocycles. The van der Waals surface area contributed by atoms with Gasteiger partial charge < -0.3 is 15.5 Å². The largest absolute Gasteiger partial charge is 0.358 e. The SMILES string of the molecule is CC(C)N(c1ccccc1)c1ccc(NC(=S)NCc2ccccc2)cc1. The van der Waals surface area contributed by atoms with Crippen molar-refractivity contribution < 1.29 is 0 Å². The molecule has 2 N–H and O–H groups in total. The summed E-state index contributed by atoms with van der Waals surface area (Å²) in [7, 11) is 0. The Hall–Kier alpha value is -2.85. The van der Waals surface area contributed by atoms with Crippen molar-refractivity contribution >= 4 is 34.4 Å². The Kier molecular flexibility index (Phi) is 6.44. The van der Waals surface area contributed by atoms with Crippen LogP contribution >= 0.6 is 12.2 Å². The molecule has 0 aliphatic carbocycles. The van der Waals surface area contributed by atoms with Crippen molar-refractivity contribution in [2.24, 2.45) is 0 Å². The van der Waals surface area contributed by atoms with Crippen molar-refractivity contribution in [3.8, 4) is 0 Å². The number of benzene rings is 3. The third-order valence-electron chi connectivity index (χ3n) is 4.25. The van der Waals surface area contributed by atoms with E-state index < -0.39 is 0 Å². The summed E-state index contributed by atoms with van der Waals surface area (Å²) in [5, 5.41) is 7.11. The van der Waals surface area contributed by atoms with Gasteiger partial charge in [0.1, 0.15) is 0 Å². The monoisotopic (exact) mass is 375 g/mol. The lowest BCUT2D eigenvalue weighted by atomic mass is 10.2. The van der Waals surface area contributed by atoms with Crippen LogP contribution in [-0.2, 0) is 6.54 Å².